The summed E-state index contributed by atoms with van der Waals surface area (Å²) in [5.74, 6) is 0.0109. The van der Waals surface area contributed by atoms with Gasteiger partial charge in [0, 0.05) is 25.0 Å². The molecule has 0 atom stereocenters. The van der Waals surface area contributed by atoms with Crippen LogP contribution in [0.2, 0.25) is 0 Å². The highest BCUT2D eigenvalue weighted by molar-refractivity contribution is 5.93. The molecule has 1 aromatic heterocycles. The summed E-state index contributed by atoms with van der Waals surface area (Å²) >= 11 is 0. The van der Waals surface area contributed by atoms with Crippen LogP contribution < -0.4 is 5.73 Å². The molecule has 2 heterocycles. The van der Waals surface area contributed by atoms with Gasteiger partial charge in [-0.1, -0.05) is 6.07 Å². The molecule has 3 rings (SSSR count). The average Bonchev–Trinajstić information content (AvgIpc) is 2.90. The summed E-state index contributed by atoms with van der Waals surface area (Å²) in [6, 6.07) is 5.90. The highest BCUT2D eigenvalue weighted by Gasteiger charge is 2.22. The maximum atomic E-state index is 12.2. The van der Waals surface area contributed by atoms with Gasteiger partial charge in [0.2, 0.25) is 0 Å². The van der Waals surface area contributed by atoms with Gasteiger partial charge in [-0.25, -0.2) is 0 Å². The Morgan fingerprint density at radius 3 is 3.06 bits per heavy atom. The third-order valence-electron chi connectivity index (χ3n) is 3.27. The summed E-state index contributed by atoms with van der Waals surface area (Å²) in [4.78, 5) is 14.0. The van der Waals surface area contributed by atoms with Crippen LogP contribution in [-0.4, -0.2) is 27.5 Å². The zero-order chi connectivity index (χ0) is 12.5. The summed E-state index contributed by atoms with van der Waals surface area (Å²) in [5, 5.41) is 6.46. The number of carbonyl (C=O) groups excluding carboxylic acids is 1. The highest BCUT2D eigenvalue weighted by atomic mass is 16.2. The molecule has 92 valence electrons. The Bertz CT molecular complexity index is 577. The van der Waals surface area contributed by atoms with Crippen LogP contribution in [-0.2, 0) is 13.0 Å². The van der Waals surface area contributed by atoms with E-state index in [2.05, 4.69) is 10.2 Å². The van der Waals surface area contributed by atoms with Crippen LogP contribution in [0, 0.1) is 0 Å². The zero-order valence-electron chi connectivity index (χ0n) is 9.89. The van der Waals surface area contributed by atoms with E-state index >= 15 is 0 Å². The van der Waals surface area contributed by atoms with Crippen molar-refractivity contribution in [2.45, 2.75) is 13.0 Å². The number of hydrogen-bond donors (Lipinski definition) is 2. The number of fused-ring (bicyclic) bond motifs is 1. The van der Waals surface area contributed by atoms with Crippen LogP contribution in [0.3, 0.4) is 0 Å². The number of amides is 1. The Kier molecular flexibility index (Phi) is 2.51. The fourth-order valence-corrected chi connectivity index (χ4v) is 2.30. The van der Waals surface area contributed by atoms with Crippen LogP contribution in [0.15, 0.2) is 30.6 Å². The van der Waals surface area contributed by atoms with Crippen molar-refractivity contribution in [2.75, 3.05) is 12.3 Å². The van der Waals surface area contributed by atoms with Gasteiger partial charge >= 0.3 is 0 Å². The van der Waals surface area contributed by atoms with Crippen LogP contribution in [0.5, 0.6) is 0 Å². The van der Waals surface area contributed by atoms with E-state index in [1.807, 2.05) is 23.1 Å². The van der Waals surface area contributed by atoms with E-state index in [1.165, 1.54) is 5.56 Å². The molecule has 0 aliphatic carbocycles. The van der Waals surface area contributed by atoms with E-state index in [0.717, 1.165) is 24.2 Å². The standard InChI is InChI=1S/C13H14N4O/c14-12-2-1-9-3-4-17(8-10(9)5-12)13(18)11-6-15-16-7-11/h1-2,5-7H,3-4,8,14H2,(H,15,16). The van der Waals surface area contributed by atoms with E-state index in [0.29, 0.717) is 12.1 Å². The number of benzene rings is 1. The first-order valence-corrected chi connectivity index (χ1v) is 5.89. The summed E-state index contributed by atoms with van der Waals surface area (Å²) in [6.07, 6.45) is 4.05. The number of nitrogens with two attached hydrogens (primary N) is 1. The smallest absolute Gasteiger partial charge is 0.257 e. The molecule has 0 spiro atoms. The van der Waals surface area contributed by atoms with Gasteiger partial charge in [-0.2, -0.15) is 5.10 Å². The number of nitrogens with one attached hydrogen (secondary N) is 1. The molecule has 0 radical (unpaired) electrons. The van der Waals surface area contributed by atoms with Crippen LogP contribution >= 0.6 is 0 Å². The molecule has 1 aromatic carbocycles. The van der Waals surface area contributed by atoms with Gasteiger partial charge in [-0.05, 0) is 29.7 Å². The topological polar surface area (TPSA) is 75.0 Å². The Hall–Kier alpha value is -2.30. The monoisotopic (exact) mass is 242 g/mol. The van der Waals surface area contributed by atoms with Crippen molar-refractivity contribution in [2.24, 2.45) is 0 Å². The molecule has 1 aliphatic heterocycles. The summed E-state index contributed by atoms with van der Waals surface area (Å²) < 4.78 is 0. The molecule has 0 saturated heterocycles. The number of anilines is 1. The first-order chi connectivity index (χ1) is 8.74. The number of rotatable bonds is 1. The SMILES string of the molecule is Nc1ccc2c(c1)CN(C(=O)c1cn[nH]c1)CC2. The van der Waals surface area contributed by atoms with Crippen molar-refractivity contribution in [3.05, 3.63) is 47.3 Å². The zero-order valence-corrected chi connectivity index (χ0v) is 9.89. The minimum Gasteiger partial charge on any atom is -0.399 e. The third kappa shape index (κ3) is 1.84. The Labute approximate surface area is 105 Å². The van der Waals surface area contributed by atoms with Crippen LogP contribution in [0.1, 0.15) is 21.5 Å². The Balaban J connectivity index is 1.84. The first kappa shape index (κ1) is 10.8. The lowest BCUT2D eigenvalue weighted by Crippen LogP contribution is -2.35. The van der Waals surface area contributed by atoms with E-state index < -0.39 is 0 Å². The molecule has 0 saturated carbocycles. The van der Waals surface area contributed by atoms with Gasteiger partial charge in [-0.3, -0.25) is 9.89 Å². The largest absolute Gasteiger partial charge is 0.399 e. The lowest BCUT2D eigenvalue weighted by Gasteiger charge is -2.28. The predicted octanol–water partition coefficient (Wildman–Crippen LogP) is 1.19. The Morgan fingerprint density at radius 1 is 1.39 bits per heavy atom. The normalized spacial score (nSPS) is 14.3. The van der Waals surface area contributed by atoms with Crippen molar-refractivity contribution in [3.63, 3.8) is 0 Å². The predicted molar refractivity (Wildman–Crippen MR) is 67.9 cm³/mol. The van der Waals surface area contributed by atoms with Crippen LogP contribution in [0.25, 0.3) is 0 Å². The molecule has 5 heteroatoms. The maximum Gasteiger partial charge on any atom is 0.257 e. The molecule has 2 aromatic rings. The van der Waals surface area contributed by atoms with E-state index in [4.69, 9.17) is 5.73 Å². The van der Waals surface area contributed by atoms with Gasteiger partial charge in [0.05, 0.1) is 11.8 Å². The number of aromatic amines is 1. The molecule has 0 fully saturated rings. The van der Waals surface area contributed by atoms with E-state index in [9.17, 15) is 4.79 Å². The van der Waals surface area contributed by atoms with Crippen molar-refractivity contribution < 1.29 is 4.79 Å². The quantitative estimate of drug-likeness (QED) is 0.737. The fourth-order valence-electron chi connectivity index (χ4n) is 2.30. The fraction of sp³-hybridized carbons (Fsp3) is 0.231. The number of nitrogen functional groups attached to an aromatic ring is 1. The van der Waals surface area contributed by atoms with Gasteiger partial charge in [0.25, 0.3) is 5.91 Å². The second-order valence-electron chi connectivity index (χ2n) is 4.49. The van der Waals surface area contributed by atoms with Gasteiger partial charge in [-0.15, -0.1) is 0 Å². The molecule has 0 bridgehead atoms. The van der Waals surface area contributed by atoms with Gasteiger partial charge < -0.3 is 10.6 Å². The van der Waals surface area contributed by atoms with Crippen molar-refractivity contribution in [1.82, 2.24) is 15.1 Å². The number of H-pyrrole nitrogens is 1. The molecule has 18 heavy (non-hydrogen) atoms. The molecular formula is C13H14N4O. The first-order valence-electron chi connectivity index (χ1n) is 5.89. The number of carbonyl (C=O) groups is 1. The van der Waals surface area contributed by atoms with Gasteiger partial charge in [0.15, 0.2) is 0 Å². The third-order valence-corrected chi connectivity index (χ3v) is 3.27. The van der Waals surface area contributed by atoms with Gasteiger partial charge in [0.1, 0.15) is 0 Å². The second kappa shape index (κ2) is 4.18. The van der Waals surface area contributed by atoms with Crippen molar-refractivity contribution in [1.29, 1.82) is 0 Å². The number of hydrogen-bond acceptors (Lipinski definition) is 3. The maximum absolute atomic E-state index is 12.2. The highest BCUT2D eigenvalue weighted by Crippen LogP contribution is 2.22. The van der Waals surface area contributed by atoms with Crippen molar-refractivity contribution >= 4 is 11.6 Å². The lowest BCUT2D eigenvalue weighted by molar-refractivity contribution is 0.0735. The Morgan fingerprint density at radius 2 is 2.28 bits per heavy atom. The molecule has 1 amide bonds. The van der Waals surface area contributed by atoms with Crippen molar-refractivity contribution in [3.8, 4) is 0 Å². The summed E-state index contributed by atoms with van der Waals surface area (Å²) in [7, 11) is 0. The molecule has 0 unspecified atom stereocenters. The number of aromatic nitrogens is 2. The molecule has 5 nitrogen and oxygen atoms in total. The minimum atomic E-state index is 0.0109. The van der Waals surface area contributed by atoms with Crippen LogP contribution in [0.4, 0.5) is 5.69 Å². The molecular weight excluding hydrogens is 228 g/mol. The average molecular weight is 242 g/mol. The summed E-state index contributed by atoms with van der Waals surface area (Å²) in [6.45, 7) is 1.35. The molecule has 1 aliphatic rings. The minimum absolute atomic E-state index is 0.0109. The van der Waals surface area contributed by atoms with E-state index in [-0.39, 0.29) is 5.91 Å². The lowest BCUT2D eigenvalue weighted by atomic mass is 9.99. The summed E-state index contributed by atoms with van der Waals surface area (Å²) in [5.41, 5.74) is 9.54. The number of nitrogens with zero attached hydrogens (tertiary/aromatic N) is 2. The second-order valence-corrected chi connectivity index (χ2v) is 4.49. The molecule has 3 N–H and O–H groups in total. The van der Waals surface area contributed by atoms with E-state index in [1.54, 1.807) is 12.4 Å².